The normalized spacial score (nSPS) is 8.62. The van der Waals surface area contributed by atoms with Crippen molar-refractivity contribution >= 4 is 6.03 Å². The van der Waals surface area contributed by atoms with E-state index in [0.29, 0.717) is 0 Å². The van der Waals surface area contributed by atoms with Gasteiger partial charge in [-0.3, -0.25) is 0 Å². The van der Waals surface area contributed by atoms with Crippen LogP contribution in [0.15, 0.2) is 0 Å². The van der Waals surface area contributed by atoms with Gasteiger partial charge >= 0.3 is 59.1 Å². The Morgan fingerprint density at radius 3 is 1.75 bits per heavy atom. The van der Waals surface area contributed by atoms with E-state index in [0.717, 1.165) is 0 Å². The third-order valence-electron chi connectivity index (χ3n) is 0.638. The number of carbonyl (C=O) groups excluding carboxylic acids is 1. The molecule has 0 radical (unpaired) electrons. The molecule has 0 aromatic carbocycles. The fourth-order valence-electron chi connectivity index (χ4n) is 0.267. The third kappa shape index (κ3) is 2.26. The van der Waals surface area contributed by atoms with Gasteiger partial charge in [0.1, 0.15) is 0 Å². The first-order valence-corrected chi connectivity index (χ1v) is 2.87. The maximum atomic E-state index is 10.7. The molecule has 2 amide bonds. The fourth-order valence-corrected chi connectivity index (χ4v) is 0.594. The molecule has 4 heteroatoms. The van der Waals surface area contributed by atoms with Crippen LogP contribution in [0.3, 0.4) is 0 Å². The standard InChI is InChI=1S/C4H10N2O.Rh/c1-5-4(7)6(2)3;/h1-3H3,(H,5,7);/q;+1/p-1. The van der Waals surface area contributed by atoms with Gasteiger partial charge in [0, 0.05) is 0 Å². The molecule has 0 aromatic rings. The second-order valence-electron chi connectivity index (χ2n) is 1.62. The van der Waals surface area contributed by atoms with Crippen LogP contribution < -0.4 is 0 Å². The number of carbonyl (C=O) groups is 1. The van der Waals surface area contributed by atoms with Gasteiger partial charge in [-0.15, -0.1) is 0 Å². The van der Waals surface area contributed by atoms with E-state index < -0.39 is 0 Å². The SMILES string of the molecule is CN(C)C(=O)[N](C)[Rh]. The summed E-state index contributed by atoms with van der Waals surface area (Å²) in [6.07, 6.45) is 0. The molecule has 0 N–H and O–H groups in total. The van der Waals surface area contributed by atoms with E-state index in [2.05, 4.69) is 18.5 Å². The van der Waals surface area contributed by atoms with Crippen molar-refractivity contribution in [3.63, 3.8) is 0 Å². The van der Waals surface area contributed by atoms with Crippen LogP contribution >= 0.6 is 0 Å². The number of nitrogens with zero attached hydrogens (tertiary/aromatic N) is 2. The first-order chi connectivity index (χ1) is 3.55. The summed E-state index contributed by atoms with van der Waals surface area (Å²) in [4.78, 5) is 12.2. The Hall–Kier alpha value is -0.107. The summed E-state index contributed by atoms with van der Waals surface area (Å²) >= 11 is 2.46. The van der Waals surface area contributed by atoms with E-state index >= 15 is 0 Å². The Morgan fingerprint density at radius 1 is 1.38 bits per heavy atom. The van der Waals surface area contributed by atoms with Crippen molar-refractivity contribution in [2.45, 2.75) is 0 Å². The first-order valence-electron chi connectivity index (χ1n) is 2.14. The molecular weight excluding hydrogens is 195 g/mol. The van der Waals surface area contributed by atoms with Crippen molar-refractivity contribution in [3.8, 4) is 0 Å². The van der Waals surface area contributed by atoms with Crippen LogP contribution in [0, 0.1) is 0 Å². The summed E-state index contributed by atoms with van der Waals surface area (Å²) in [5, 5.41) is 0. The fraction of sp³-hybridized carbons (Fsp3) is 0.750. The molecule has 0 saturated carbocycles. The van der Waals surface area contributed by atoms with E-state index in [4.69, 9.17) is 0 Å². The number of amides is 2. The number of rotatable bonds is 0. The summed E-state index contributed by atoms with van der Waals surface area (Å²) in [6, 6.07) is -0.0304. The third-order valence-corrected chi connectivity index (χ3v) is 0.951. The molecule has 0 heterocycles. The van der Waals surface area contributed by atoms with Gasteiger partial charge in [0.15, 0.2) is 0 Å². The summed E-state index contributed by atoms with van der Waals surface area (Å²) in [5.74, 6) is 0. The second kappa shape index (κ2) is 3.03. The molecule has 0 saturated heterocycles. The van der Waals surface area contributed by atoms with Crippen LogP contribution in [0.4, 0.5) is 4.79 Å². The van der Waals surface area contributed by atoms with Crippen molar-refractivity contribution in [2.24, 2.45) is 0 Å². The summed E-state index contributed by atoms with van der Waals surface area (Å²) in [7, 11) is 5.09. The van der Waals surface area contributed by atoms with Crippen molar-refractivity contribution in [1.29, 1.82) is 0 Å². The quantitative estimate of drug-likeness (QED) is 0.512. The number of hydrogen-bond donors (Lipinski definition) is 0. The molecule has 0 aliphatic rings. The zero-order valence-electron chi connectivity index (χ0n) is 5.14. The molecule has 0 fully saturated rings. The van der Waals surface area contributed by atoms with Crippen LogP contribution in [0.2, 0.25) is 0 Å². The summed E-state index contributed by atoms with van der Waals surface area (Å²) in [5.41, 5.74) is 0. The van der Waals surface area contributed by atoms with Crippen LogP contribution in [0.25, 0.3) is 0 Å². The van der Waals surface area contributed by atoms with Gasteiger partial charge in [-0.1, -0.05) is 0 Å². The predicted octanol–water partition coefficient (Wildman–Crippen LogP) is 0.0616. The van der Waals surface area contributed by atoms with Crippen molar-refractivity contribution < 1.29 is 23.3 Å². The van der Waals surface area contributed by atoms with Gasteiger partial charge < -0.3 is 0 Å². The van der Waals surface area contributed by atoms with Crippen LogP contribution in [0.5, 0.6) is 0 Å². The number of hydrogen-bond acceptors (Lipinski definition) is 1. The minimum atomic E-state index is -0.0304. The molecule has 8 heavy (non-hydrogen) atoms. The Labute approximate surface area is 59.6 Å². The van der Waals surface area contributed by atoms with Crippen molar-refractivity contribution in [1.82, 2.24) is 8.54 Å². The van der Waals surface area contributed by atoms with E-state index in [1.807, 2.05) is 0 Å². The molecule has 0 aliphatic carbocycles. The van der Waals surface area contributed by atoms with E-state index in [1.165, 1.54) is 8.54 Å². The molecule has 0 bridgehead atoms. The Morgan fingerprint density at radius 2 is 1.75 bits per heavy atom. The summed E-state index contributed by atoms with van der Waals surface area (Å²) < 4.78 is 1.42. The van der Waals surface area contributed by atoms with Crippen molar-refractivity contribution in [2.75, 3.05) is 21.1 Å². The topological polar surface area (TPSA) is 23.6 Å². The molecule has 0 aromatic heterocycles. The van der Waals surface area contributed by atoms with Crippen LogP contribution in [-0.2, 0) is 18.5 Å². The molecular formula is C4H9N2ORh. The van der Waals surface area contributed by atoms with Gasteiger partial charge in [0.25, 0.3) is 0 Å². The number of urea groups is 1. The Balaban J connectivity index is 3.65. The Bertz CT molecular complexity index is 82.0. The zero-order chi connectivity index (χ0) is 6.73. The van der Waals surface area contributed by atoms with Gasteiger partial charge in [0.2, 0.25) is 0 Å². The average Bonchev–Trinajstić information content (AvgIpc) is 1.64. The average molecular weight is 204 g/mol. The minimum absolute atomic E-state index is 0.0304. The first kappa shape index (κ1) is 7.89. The van der Waals surface area contributed by atoms with Gasteiger partial charge in [-0.05, 0) is 0 Å². The van der Waals surface area contributed by atoms with Crippen LogP contribution in [0.1, 0.15) is 0 Å². The van der Waals surface area contributed by atoms with Crippen molar-refractivity contribution in [3.05, 3.63) is 0 Å². The summed E-state index contributed by atoms with van der Waals surface area (Å²) in [6.45, 7) is 0. The van der Waals surface area contributed by atoms with Gasteiger partial charge in [-0.2, -0.15) is 0 Å². The molecule has 0 aliphatic heterocycles. The second-order valence-corrected chi connectivity index (χ2v) is 2.72. The molecule has 0 rings (SSSR count). The molecule has 50 valence electrons. The zero-order valence-corrected chi connectivity index (χ0v) is 6.77. The Kier molecular flexibility index (Phi) is 2.99. The van der Waals surface area contributed by atoms with Crippen LogP contribution in [-0.4, -0.2) is 35.7 Å². The maximum absolute atomic E-state index is 10.7. The van der Waals surface area contributed by atoms with Gasteiger partial charge in [-0.25, -0.2) is 0 Å². The molecule has 0 atom stereocenters. The molecule has 0 spiro atoms. The van der Waals surface area contributed by atoms with E-state index in [9.17, 15) is 4.79 Å². The predicted molar refractivity (Wildman–Crippen MR) is 26.8 cm³/mol. The van der Waals surface area contributed by atoms with Gasteiger partial charge in [0.05, 0.1) is 0 Å². The van der Waals surface area contributed by atoms with E-state index in [1.54, 1.807) is 21.1 Å². The molecule has 3 nitrogen and oxygen atoms in total. The molecule has 0 unspecified atom stereocenters. The van der Waals surface area contributed by atoms with E-state index in [-0.39, 0.29) is 6.03 Å². The monoisotopic (exact) mass is 204 g/mol.